The third-order valence-corrected chi connectivity index (χ3v) is 3.36. The van der Waals surface area contributed by atoms with E-state index in [-0.39, 0.29) is 11.5 Å². The van der Waals surface area contributed by atoms with Crippen molar-refractivity contribution in [2.24, 2.45) is 11.1 Å². The van der Waals surface area contributed by atoms with Gasteiger partial charge in [0.15, 0.2) is 0 Å². The fourth-order valence-corrected chi connectivity index (χ4v) is 1.53. The highest BCUT2D eigenvalue weighted by atomic mass is 16.2. The second-order valence-corrected chi connectivity index (χ2v) is 4.61. The van der Waals surface area contributed by atoms with E-state index in [1.54, 1.807) is 16.8 Å². The van der Waals surface area contributed by atoms with E-state index >= 15 is 0 Å². The summed E-state index contributed by atoms with van der Waals surface area (Å²) in [4.78, 5) is 23.5. The van der Waals surface area contributed by atoms with Gasteiger partial charge >= 0.3 is 0 Å². The van der Waals surface area contributed by atoms with Crippen LogP contribution < -0.4 is 16.6 Å². The van der Waals surface area contributed by atoms with Gasteiger partial charge in [-0.2, -0.15) is 0 Å². The molecule has 0 radical (unpaired) electrons. The molecular formula is C13H21N3O2. The molecule has 0 aliphatic carbocycles. The predicted octanol–water partition coefficient (Wildman–Crippen LogP) is 1.18. The highest BCUT2D eigenvalue weighted by Crippen LogP contribution is 2.21. The van der Waals surface area contributed by atoms with Crippen molar-refractivity contribution in [3.8, 4) is 0 Å². The van der Waals surface area contributed by atoms with Crippen LogP contribution in [0, 0.1) is 5.41 Å². The number of aryl methyl sites for hydroxylation is 1. The summed E-state index contributed by atoms with van der Waals surface area (Å²) in [5, 5.41) is 2.81. The molecule has 1 amide bonds. The average molecular weight is 251 g/mol. The van der Waals surface area contributed by atoms with Gasteiger partial charge in [0.2, 0.25) is 5.91 Å². The first kappa shape index (κ1) is 14.4. The van der Waals surface area contributed by atoms with E-state index in [2.05, 4.69) is 5.32 Å². The molecule has 1 rings (SSSR count). The van der Waals surface area contributed by atoms with Crippen molar-refractivity contribution >= 4 is 11.6 Å². The van der Waals surface area contributed by atoms with Gasteiger partial charge in [-0.05, 0) is 26.3 Å². The zero-order chi connectivity index (χ0) is 13.8. The SMILES string of the molecule is CCn1cc(NC(=O)C(C)(CC)CN)ccc1=O. The smallest absolute Gasteiger partial charge is 0.250 e. The highest BCUT2D eigenvalue weighted by molar-refractivity contribution is 5.95. The minimum Gasteiger partial charge on any atom is -0.329 e. The molecule has 1 atom stereocenters. The molecule has 5 heteroatoms. The van der Waals surface area contributed by atoms with Gasteiger partial charge in [0.1, 0.15) is 0 Å². The molecule has 1 heterocycles. The second-order valence-electron chi connectivity index (χ2n) is 4.61. The van der Waals surface area contributed by atoms with E-state index in [4.69, 9.17) is 5.73 Å². The van der Waals surface area contributed by atoms with Gasteiger partial charge in [0.25, 0.3) is 5.56 Å². The Bertz CT molecular complexity index is 475. The van der Waals surface area contributed by atoms with E-state index in [0.717, 1.165) is 0 Å². The van der Waals surface area contributed by atoms with E-state index in [1.807, 2.05) is 20.8 Å². The number of carbonyl (C=O) groups excluding carboxylic acids is 1. The Morgan fingerprint density at radius 1 is 1.44 bits per heavy atom. The van der Waals surface area contributed by atoms with Crippen molar-refractivity contribution in [1.82, 2.24) is 4.57 Å². The lowest BCUT2D eigenvalue weighted by atomic mass is 9.86. The normalized spacial score (nSPS) is 14.0. The van der Waals surface area contributed by atoms with Crippen LogP contribution in [0.2, 0.25) is 0 Å². The van der Waals surface area contributed by atoms with Crippen LogP contribution in [0.1, 0.15) is 27.2 Å². The molecular weight excluding hydrogens is 230 g/mol. The van der Waals surface area contributed by atoms with Gasteiger partial charge < -0.3 is 15.6 Å². The summed E-state index contributed by atoms with van der Waals surface area (Å²) in [7, 11) is 0. The maximum Gasteiger partial charge on any atom is 0.250 e. The molecule has 1 aromatic rings. The summed E-state index contributed by atoms with van der Waals surface area (Å²) in [5.41, 5.74) is 5.60. The fraction of sp³-hybridized carbons (Fsp3) is 0.538. The first-order valence-corrected chi connectivity index (χ1v) is 6.19. The third-order valence-electron chi connectivity index (χ3n) is 3.36. The number of anilines is 1. The van der Waals surface area contributed by atoms with Crippen LogP contribution in [0.25, 0.3) is 0 Å². The summed E-state index contributed by atoms with van der Waals surface area (Å²) in [6, 6.07) is 3.06. The monoisotopic (exact) mass is 251 g/mol. The summed E-state index contributed by atoms with van der Waals surface area (Å²) in [6.45, 7) is 6.51. The Balaban J connectivity index is 2.92. The minimum atomic E-state index is -0.576. The summed E-state index contributed by atoms with van der Waals surface area (Å²) in [5.74, 6) is -0.117. The lowest BCUT2D eigenvalue weighted by Gasteiger charge is -2.25. The molecule has 0 aromatic carbocycles. The fourth-order valence-electron chi connectivity index (χ4n) is 1.53. The number of amides is 1. The quantitative estimate of drug-likeness (QED) is 0.825. The summed E-state index contributed by atoms with van der Waals surface area (Å²) >= 11 is 0. The number of nitrogens with two attached hydrogens (primary N) is 1. The Morgan fingerprint density at radius 2 is 2.11 bits per heavy atom. The summed E-state index contributed by atoms with van der Waals surface area (Å²) < 4.78 is 1.54. The van der Waals surface area contributed by atoms with Crippen molar-refractivity contribution in [3.05, 3.63) is 28.7 Å². The third kappa shape index (κ3) is 2.98. The first-order valence-electron chi connectivity index (χ1n) is 6.19. The molecule has 0 bridgehead atoms. The van der Waals surface area contributed by atoms with E-state index in [0.29, 0.717) is 25.2 Å². The Labute approximate surface area is 107 Å². The van der Waals surface area contributed by atoms with Gasteiger partial charge in [0.05, 0.1) is 11.1 Å². The van der Waals surface area contributed by atoms with E-state index < -0.39 is 5.41 Å². The number of hydrogen-bond acceptors (Lipinski definition) is 3. The van der Waals surface area contributed by atoms with Crippen molar-refractivity contribution in [2.45, 2.75) is 33.7 Å². The van der Waals surface area contributed by atoms with Gasteiger partial charge in [-0.1, -0.05) is 6.92 Å². The number of nitrogens with zero attached hydrogens (tertiary/aromatic N) is 1. The van der Waals surface area contributed by atoms with Crippen molar-refractivity contribution < 1.29 is 4.79 Å². The van der Waals surface area contributed by atoms with Crippen molar-refractivity contribution in [3.63, 3.8) is 0 Å². The number of nitrogens with one attached hydrogen (secondary N) is 1. The Morgan fingerprint density at radius 3 is 2.61 bits per heavy atom. The molecule has 0 aliphatic heterocycles. The molecule has 3 N–H and O–H groups in total. The van der Waals surface area contributed by atoms with Crippen LogP contribution in [-0.4, -0.2) is 17.0 Å². The molecule has 0 fully saturated rings. The molecule has 0 saturated heterocycles. The van der Waals surface area contributed by atoms with Gasteiger partial charge in [-0.25, -0.2) is 0 Å². The molecule has 0 aliphatic rings. The number of aromatic nitrogens is 1. The highest BCUT2D eigenvalue weighted by Gasteiger charge is 2.29. The van der Waals surface area contributed by atoms with Crippen molar-refractivity contribution in [1.29, 1.82) is 0 Å². The van der Waals surface area contributed by atoms with Crippen LogP contribution in [0.15, 0.2) is 23.1 Å². The molecule has 100 valence electrons. The first-order chi connectivity index (χ1) is 8.46. The largest absolute Gasteiger partial charge is 0.329 e. The maximum absolute atomic E-state index is 12.1. The topological polar surface area (TPSA) is 77.1 Å². The number of rotatable bonds is 5. The number of pyridine rings is 1. The van der Waals surface area contributed by atoms with E-state index in [9.17, 15) is 9.59 Å². The van der Waals surface area contributed by atoms with Gasteiger partial charge in [-0.15, -0.1) is 0 Å². The summed E-state index contributed by atoms with van der Waals surface area (Å²) in [6.07, 6.45) is 2.32. The molecule has 5 nitrogen and oxygen atoms in total. The standard InChI is InChI=1S/C13H21N3O2/c1-4-13(3,9-14)12(18)15-10-6-7-11(17)16(5-2)8-10/h6-8H,4-5,9,14H2,1-3H3,(H,15,18). The minimum absolute atomic E-state index is 0.0763. The Hall–Kier alpha value is -1.62. The van der Waals surface area contributed by atoms with Crippen LogP contribution >= 0.6 is 0 Å². The van der Waals surface area contributed by atoms with Crippen LogP contribution in [0.5, 0.6) is 0 Å². The molecule has 0 saturated carbocycles. The maximum atomic E-state index is 12.1. The van der Waals surface area contributed by atoms with Crippen LogP contribution in [0.3, 0.4) is 0 Å². The van der Waals surface area contributed by atoms with Gasteiger partial charge in [-0.3, -0.25) is 9.59 Å². The lowest BCUT2D eigenvalue weighted by Crippen LogP contribution is -2.39. The number of carbonyl (C=O) groups is 1. The Kier molecular flexibility index (Phi) is 4.67. The lowest BCUT2D eigenvalue weighted by molar-refractivity contribution is -0.124. The average Bonchev–Trinajstić information content (AvgIpc) is 2.39. The number of hydrogen-bond donors (Lipinski definition) is 2. The molecule has 18 heavy (non-hydrogen) atoms. The molecule has 1 unspecified atom stereocenters. The zero-order valence-electron chi connectivity index (χ0n) is 11.2. The zero-order valence-corrected chi connectivity index (χ0v) is 11.2. The van der Waals surface area contributed by atoms with E-state index in [1.165, 1.54) is 6.07 Å². The molecule has 1 aromatic heterocycles. The van der Waals surface area contributed by atoms with Crippen LogP contribution in [-0.2, 0) is 11.3 Å². The predicted molar refractivity (Wildman–Crippen MR) is 72.5 cm³/mol. The molecule has 0 spiro atoms. The van der Waals surface area contributed by atoms with Crippen LogP contribution in [0.4, 0.5) is 5.69 Å². The van der Waals surface area contributed by atoms with Gasteiger partial charge in [0, 0.05) is 25.4 Å². The van der Waals surface area contributed by atoms with Crippen molar-refractivity contribution in [2.75, 3.05) is 11.9 Å². The second kappa shape index (κ2) is 5.82.